The van der Waals surface area contributed by atoms with Gasteiger partial charge in [-0.3, -0.25) is 20.0 Å². The van der Waals surface area contributed by atoms with Crippen molar-refractivity contribution < 1.29 is 0 Å². The van der Waals surface area contributed by atoms with E-state index in [9.17, 15) is 0 Å². The van der Waals surface area contributed by atoms with Crippen molar-refractivity contribution >= 4 is 24.1 Å². The number of pyridine rings is 2. The maximum atomic E-state index is 4.35. The molecule has 3 rings (SSSR count). The minimum absolute atomic E-state index is 0.641. The molecule has 0 fully saturated rings. The van der Waals surface area contributed by atoms with Gasteiger partial charge in [-0.1, -0.05) is 12.1 Å². The van der Waals surface area contributed by atoms with Gasteiger partial charge in [0.25, 0.3) is 0 Å². The summed E-state index contributed by atoms with van der Waals surface area (Å²) in [6.45, 7) is 0. The van der Waals surface area contributed by atoms with Gasteiger partial charge in [-0.2, -0.15) is 10.2 Å². The third kappa shape index (κ3) is 4.67. The molecule has 0 N–H and O–H groups in total. The largest absolute Gasteiger partial charge is 0.255 e. The number of hydrogen-bond donors (Lipinski definition) is 0. The van der Waals surface area contributed by atoms with Gasteiger partial charge in [0.2, 0.25) is 0 Å². The summed E-state index contributed by atoms with van der Waals surface area (Å²) in [4.78, 5) is 16.9. The fraction of sp³-hybridized carbons (Fsp3) is 0.111. The minimum Gasteiger partial charge on any atom is -0.255 e. The molecule has 0 amide bonds. The van der Waals surface area contributed by atoms with Gasteiger partial charge in [0.05, 0.1) is 23.8 Å². The molecule has 0 unspecified atom stereocenters. The Morgan fingerprint density at radius 3 is 1.65 bits per heavy atom. The molecule has 8 nitrogen and oxygen atoms in total. The Morgan fingerprint density at radius 1 is 0.731 bits per heavy atom. The Labute approximate surface area is 151 Å². The third-order valence-corrected chi connectivity index (χ3v) is 3.40. The highest BCUT2D eigenvalue weighted by atomic mass is 15.5. The smallest absolute Gasteiger partial charge is 0.154 e. The molecule has 130 valence electrons. The van der Waals surface area contributed by atoms with Crippen LogP contribution in [0.4, 0.5) is 11.6 Å². The van der Waals surface area contributed by atoms with E-state index in [1.807, 2.05) is 50.5 Å². The zero-order chi connectivity index (χ0) is 18.2. The van der Waals surface area contributed by atoms with Crippen LogP contribution in [0.1, 0.15) is 11.4 Å². The zero-order valence-corrected chi connectivity index (χ0v) is 14.5. The number of anilines is 2. The molecule has 3 aromatic heterocycles. The standard InChI is InChI=1S/C18H18N8/c1-25(23-12-15-7-3-5-9-19-15)17-11-18(22-14-21-17)26(2)24-13-16-8-4-6-10-20-16/h3-14H,1-2H3/b23-12+,24-13+. The molecule has 8 heteroatoms. The third-order valence-electron chi connectivity index (χ3n) is 3.40. The molecule has 0 atom stereocenters. The van der Waals surface area contributed by atoms with E-state index >= 15 is 0 Å². The van der Waals surface area contributed by atoms with Crippen LogP contribution in [0.25, 0.3) is 0 Å². The molecule has 3 heterocycles. The normalized spacial score (nSPS) is 11.2. The molecule has 0 bridgehead atoms. The van der Waals surface area contributed by atoms with Crippen molar-refractivity contribution in [2.45, 2.75) is 0 Å². The van der Waals surface area contributed by atoms with Gasteiger partial charge in [-0.05, 0) is 24.3 Å². The van der Waals surface area contributed by atoms with Crippen molar-refractivity contribution in [3.8, 4) is 0 Å². The molecule has 0 aliphatic rings. The van der Waals surface area contributed by atoms with Crippen LogP contribution in [-0.4, -0.2) is 46.5 Å². The highest BCUT2D eigenvalue weighted by Gasteiger charge is 2.06. The van der Waals surface area contributed by atoms with Crippen LogP contribution in [0.5, 0.6) is 0 Å². The molecule has 0 saturated heterocycles. The first-order valence-electron chi connectivity index (χ1n) is 7.92. The summed E-state index contributed by atoms with van der Waals surface area (Å²) in [7, 11) is 3.62. The maximum Gasteiger partial charge on any atom is 0.154 e. The van der Waals surface area contributed by atoms with Crippen molar-refractivity contribution in [3.63, 3.8) is 0 Å². The minimum atomic E-state index is 0.641. The Kier molecular flexibility index (Phi) is 5.56. The predicted molar refractivity (Wildman–Crippen MR) is 103 cm³/mol. The van der Waals surface area contributed by atoms with Crippen molar-refractivity contribution in [3.05, 3.63) is 72.6 Å². The fourth-order valence-electron chi connectivity index (χ4n) is 2.01. The van der Waals surface area contributed by atoms with Gasteiger partial charge in [-0.25, -0.2) is 9.97 Å². The lowest BCUT2D eigenvalue weighted by atomic mass is 10.4. The summed E-state index contributed by atoms with van der Waals surface area (Å²) in [5, 5.41) is 12.0. The quantitative estimate of drug-likeness (QED) is 0.503. The van der Waals surface area contributed by atoms with Crippen LogP contribution in [0.2, 0.25) is 0 Å². The Balaban J connectivity index is 1.71. The molecule has 0 radical (unpaired) electrons. The molecule has 0 aromatic carbocycles. The molecule has 0 aliphatic carbocycles. The van der Waals surface area contributed by atoms with E-state index in [-0.39, 0.29) is 0 Å². The lowest BCUT2D eigenvalue weighted by molar-refractivity contribution is 0.931. The molecule has 26 heavy (non-hydrogen) atoms. The van der Waals surface area contributed by atoms with Crippen molar-refractivity contribution in [2.75, 3.05) is 24.1 Å². The maximum absolute atomic E-state index is 4.35. The average molecular weight is 346 g/mol. The van der Waals surface area contributed by atoms with Gasteiger partial charge in [0.1, 0.15) is 6.33 Å². The van der Waals surface area contributed by atoms with Crippen LogP contribution in [0.3, 0.4) is 0 Å². The topological polar surface area (TPSA) is 82.8 Å². The van der Waals surface area contributed by atoms with E-state index in [0.717, 1.165) is 11.4 Å². The Hall–Kier alpha value is -3.68. The van der Waals surface area contributed by atoms with E-state index in [1.54, 1.807) is 40.9 Å². The fourth-order valence-corrected chi connectivity index (χ4v) is 2.01. The van der Waals surface area contributed by atoms with Crippen LogP contribution < -0.4 is 10.0 Å². The number of aromatic nitrogens is 4. The lowest BCUT2D eigenvalue weighted by Crippen LogP contribution is -2.15. The number of nitrogens with zero attached hydrogens (tertiary/aromatic N) is 8. The van der Waals surface area contributed by atoms with Crippen molar-refractivity contribution in [2.24, 2.45) is 10.2 Å². The van der Waals surface area contributed by atoms with E-state index < -0.39 is 0 Å². The van der Waals surface area contributed by atoms with Crippen molar-refractivity contribution in [1.82, 2.24) is 19.9 Å². The second-order valence-electron chi connectivity index (χ2n) is 5.28. The van der Waals surface area contributed by atoms with E-state index in [1.165, 1.54) is 6.33 Å². The summed E-state index contributed by atoms with van der Waals surface area (Å²) in [6.07, 6.45) is 8.26. The average Bonchev–Trinajstić information content (AvgIpc) is 2.72. The summed E-state index contributed by atoms with van der Waals surface area (Å²) in [5.74, 6) is 1.28. The van der Waals surface area contributed by atoms with Crippen LogP contribution in [0.15, 0.2) is 71.4 Å². The Bertz CT molecular complexity index is 809. The van der Waals surface area contributed by atoms with E-state index in [0.29, 0.717) is 11.6 Å². The first kappa shape index (κ1) is 17.2. The van der Waals surface area contributed by atoms with E-state index in [2.05, 4.69) is 30.1 Å². The molecule has 0 saturated carbocycles. The lowest BCUT2D eigenvalue weighted by Gasteiger charge is -2.15. The molecular formula is C18H18N8. The molecule has 3 aromatic rings. The van der Waals surface area contributed by atoms with Gasteiger partial charge in [0, 0.05) is 32.6 Å². The first-order chi connectivity index (χ1) is 12.7. The first-order valence-corrected chi connectivity index (χ1v) is 7.92. The van der Waals surface area contributed by atoms with Gasteiger partial charge in [-0.15, -0.1) is 0 Å². The highest BCUT2D eigenvalue weighted by Crippen LogP contribution is 2.16. The van der Waals surface area contributed by atoms with Gasteiger partial charge in [0.15, 0.2) is 11.6 Å². The van der Waals surface area contributed by atoms with E-state index in [4.69, 9.17) is 0 Å². The molecule has 0 spiro atoms. The van der Waals surface area contributed by atoms with Crippen molar-refractivity contribution in [1.29, 1.82) is 0 Å². The summed E-state index contributed by atoms with van der Waals surface area (Å²) in [6, 6.07) is 13.1. The summed E-state index contributed by atoms with van der Waals surface area (Å²) < 4.78 is 0. The van der Waals surface area contributed by atoms with Crippen LogP contribution in [-0.2, 0) is 0 Å². The molecule has 0 aliphatic heterocycles. The monoisotopic (exact) mass is 346 g/mol. The summed E-state index contributed by atoms with van der Waals surface area (Å²) >= 11 is 0. The Morgan fingerprint density at radius 2 is 1.23 bits per heavy atom. The number of hydrogen-bond acceptors (Lipinski definition) is 8. The second kappa shape index (κ2) is 8.43. The SMILES string of the molecule is CN(/N=C/c1ccccn1)c1cc(N(C)/N=C/c2ccccn2)ncn1. The van der Waals surface area contributed by atoms with Crippen LogP contribution >= 0.6 is 0 Å². The van der Waals surface area contributed by atoms with Crippen LogP contribution in [0, 0.1) is 0 Å². The second-order valence-corrected chi connectivity index (χ2v) is 5.28. The highest BCUT2D eigenvalue weighted by molar-refractivity contribution is 5.78. The van der Waals surface area contributed by atoms with Gasteiger partial charge < -0.3 is 0 Å². The van der Waals surface area contributed by atoms with Gasteiger partial charge >= 0.3 is 0 Å². The number of hydrazone groups is 2. The summed E-state index contributed by atoms with van der Waals surface area (Å²) in [5.41, 5.74) is 1.54. The molecular weight excluding hydrogens is 328 g/mol. The predicted octanol–water partition coefficient (Wildman–Crippen LogP) is 2.21. The number of rotatable bonds is 6. The zero-order valence-electron chi connectivity index (χ0n) is 14.5.